The van der Waals surface area contributed by atoms with Crippen LogP contribution in [0.5, 0.6) is 0 Å². The van der Waals surface area contributed by atoms with Gasteiger partial charge in [0.05, 0.1) is 23.7 Å². The lowest BCUT2D eigenvalue weighted by Crippen LogP contribution is -2.16. The zero-order chi connectivity index (χ0) is 17.1. The van der Waals surface area contributed by atoms with E-state index in [-0.39, 0.29) is 0 Å². The highest BCUT2D eigenvalue weighted by atomic mass is 79.9. The SMILES string of the molecule is Cc1sc2c(c1/C=N\N(C=O)c1cncc(Br)c1C=O)CCCC2. The molecule has 1 aliphatic carbocycles. The Morgan fingerprint density at radius 2 is 2.04 bits per heavy atom. The second-order valence-corrected chi connectivity index (χ2v) is 7.71. The van der Waals surface area contributed by atoms with Crippen LogP contribution >= 0.6 is 27.3 Å². The molecule has 1 amide bonds. The molecule has 7 heteroatoms. The number of anilines is 1. The first kappa shape index (κ1) is 17.0. The number of hydrogen-bond donors (Lipinski definition) is 0. The van der Waals surface area contributed by atoms with Gasteiger partial charge in [-0.3, -0.25) is 14.6 Å². The summed E-state index contributed by atoms with van der Waals surface area (Å²) in [5.41, 5.74) is 3.14. The van der Waals surface area contributed by atoms with Gasteiger partial charge < -0.3 is 0 Å². The number of hydrogen-bond acceptors (Lipinski definition) is 5. The number of thiophene rings is 1. The van der Waals surface area contributed by atoms with Crippen LogP contribution in [0.3, 0.4) is 0 Å². The fourth-order valence-corrected chi connectivity index (χ4v) is 4.55. The molecule has 0 aliphatic heterocycles. The van der Waals surface area contributed by atoms with Crippen LogP contribution in [-0.2, 0) is 17.6 Å². The van der Waals surface area contributed by atoms with Gasteiger partial charge in [-0.25, -0.2) is 5.01 Å². The summed E-state index contributed by atoms with van der Waals surface area (Å²) in [6.07, 6.45) is 10.6. The van der Waals surface area contributed by atoms with Gasteiger partial charge in [-0.15, -0.1) is 11.3 Å². The zero-order valence-corrected chi connectivity index (χ0v) is 15.6. The molecule has 24 heavy (non-hydrogen) atoms. The molecule has 1 aliphatic rings. The second kappa shape index (κ2) is 7.36. The maximum atomic E-state index is 11.5. The minimum absolute atomic E-state index is 0.346. The minimum atomic E-state index is 0.346. The largest absolute Gasteiger partial charge is 0.298 e. The van der Waals surface area contributed by atoms with Gasteiger partial charge in [-0.05, 0) is 54.1 Å². The molecule has 0 spiro atoms. The molecule has 0 N–H and O–H groups in total. The van der Waals surface area contributed by atoms with Gasteiger partial charge in [0.1, 0.15) is 0 Å². The van der Waals surface area contributed by atoms with Crippen molar-refractivity contribution in [3.8, 4) is 0 Å². The van der Waals surface area contributed by atoms with Crippen LogP contribution in [0.4, 0.5) is 5.69 Å². The van der Waals surface area contributed by atoms with Crippen molar-refractivity contribution in [3.63, 3.8) is 0 Å². The molecule has 2 aromatic heterocycles. The van der Waals surface area contributed by atoms with Crippen LogP contribution in [-0.4, -0.2) is 23.9 Å². The number of aromatic nitrogens is 1. The highest BCUT2D eigenvalue weighted by Crippen LogP contribution is 2.33. The average Bonchev–Trinajstić information content (AvgIpc) is 2.91. The van der Waals surface area contributed by atoms with E-state index >= 15 is 0 Å². The Labute approximate surface area is 152 Å². The second-order valence-electron chi connectivity index (χ2n) is 5.55. The quantitative estimate of drug-likeness (QED) is 0.430. The summed E-state index contributed by atoms with van der Waals surface area (Å²) < 4.78 is 0.529. The standard InChI is InChI=1S/C17H16BrN3O2S/c1-11-13(12-4-2-3-5-17(12)24-11)6-20-21(10-23)16-8-19-7-15(18)14(16)9-22/h6-10H,2-5H2,1H3/b20-6-. The van der Waals surface area contributed by atoms with E-state index in [1.54, 1.807) is 6.21 Å². The average molecular weight is 406 g/mol. The van der Waals surface area contributed by atoms with E-state index in [1.807, 2.05) is 11.3 Å². The Kier molecular flexibility index (Phi) is 5.20. The molecule has 5 nitrogen and oxygen atoms in total. The molecular formula is C17H16BrN3O2S. The molecule has 0 bridgehead atoms. The Morgan fingerprint density at radius 1 is 1.25 bits per heavy atom. The predicted molar refractivity (Wildman–Crippen MR) is 99.2 cm³/mol. The van der Waals surface area contributed by atoms with Crippen molar-refractivity contribution in [3.05, 3.63) is 43.3 Å². The number of carbonyl (C=O) groups excluding carboxylic acids is 2. The maximum absolute atomic E-state index is 11.5. The van der Waals surface area contributed by atoms with Crippen molar-refractivity contribution in [2.45, 2.75) is 32.6 Å². The number of hydrazone groups is 1. The third-order valence-corrected chi connectivity index (χ3v) is 5.95. The van der Waals surface area contributed by atoms with Crippen LogP contribution in [0, 0.1) is 6.92 Å². The Balaban J connectivity index is 1.96. The topological polar surface area (TPSA) is 62.6 Å². The Morgan fingerprint density at radius 3 is 2.79 bits per heavy atom. The van der Waals surface area contributed by atoms with Gasteiger partial charge in [0.2, 0.25) is 6.41 Å². The molecule has 2 heterocycles. The van der Waals surface area contributed by atoms with Gasteiger partial charge in [0.15, 0.2) is 6.29 Å². The molecule has 0 fully saturated rings. The first-order valence-electron chi connectivity index (χ1n) is 7.64. The van der Waals surface area contributed by atoms with Crippen molar-refractivity contribution in [2.24, 2.45) is 5.10 Å². The Bertz CT molecular complexity index is 816. The molecule has 2 aromatic rings. The summed E-state index contributed by atoms with van der Waals surface area (Å²) in [5, 5.41) is 5.45. The molecule has 0 radical (unpaired) electrons. The van der Waals surface area contributed by atoms with Crippen LogP contribution in [0.2, 0.25) is 0 Å². The van der Waals surface area contributed by atoms with Crippen molar-refractivity contribution >= 4 is 51.9 Å². The summed E-state index contributed by atoms with van der Waals surface area (Å²) in [6.45, 7) is 2.08. The van der Waals surface area contributed by atoms with E-state index < -0.39 is 0 Å². The lowest BCUT2D eigenvalue weighted by molar-refractivity contribution is -0.107. The van der Waals surface area contributed by atoms with E-state index in [0.29, 0.717) is 28.4 Å². The van der Waals surface area contributed by atoms with Gasteiger partial charge in [0.25, 0.3) is 0 Å². The van der Waals surface area contributed by atoms with Gasteiger partial charge in [-0.2, -0.15) is 5.10 Å². The number of amides is 1. The van der Waals surface area contributed by atoms with E-state index in [4.69, 9.17) is 0 Å². The van der Waals surface area contributed by atoms with Crippen molar-refractivity contribution in [1.29, 1.82) is 0 Å². The molecule has 0 atom stereocenters. The van der Waals surface area contributed by atoms with E-state index in [2.05, 4.69) is 32.9 Å². The fraction of sp³-hybridized carbons (Fsp3) is 0.294. The summed E-state index contributed by atoms with van der Waals surface area (Å²) in [7, 11) is 0. The van der Waals surface area contributed by atoms with Crippen molar-refractivity contribution in [2.75, 3.05) is 5.01 Å². The highest BCUT2D eigenvalue weighted by molar-refractivity contribution is 9.10. The van der Waals surface area contributed by atoms with E-state index in [1.165, 1.54) is 40.6 Å². The normalized spacial score (nSPS) is 13.8. The lowest BCUT2D eigenvalue weighted by Gasteiger charge is -2.14. The molecule has 0 unspecified atom stereocenters. The first-order chi connectivity index (χ1) is 11.7. The number of pyridine rings is 1. The lowest BCUT2D eigenvalue weighted by atomic mass is 9.95. The van der Waals surface area contributed by atoms with Crippen LogP contribution < -0.4 is 5.01 Å². The number of rotatable bonds is 5. The molecule has 0 aromatic carbocycles. The molecule has 0 saturated carbocycles. The van der Waals surface area contributed by atoms with Gasteiger partial charge in [0, 0.05) is 26.0 Å². The van der Waals surface area contributed by atoms with E-state index in [0.717, 1.165) is 23.4 Å². The first-order valence-corrected chi connectivity index (χ1v) is 9.25. The highest BCUT2D eigenvalue weighted by Gasteiger charge is 2.18. The molecule has 124 valence electrons. The summed E-state index contributed by atoms with van der Waals surface area (Å²) >= 11 is 5.08. The zero-order valence-electron chi connectivity index (χ0n) is 13.2. The summed E-state index contributed by atoms with van der Waals surface area (Å²) in [6, 6.07) is 0. The third kappa shape index (κ3) is 3.18. The number of halogens is 1. The van der Waals surface area contributed by atoms with Crippen LogP contribution in [0.15, 0.2) is 22.0 Å². The smallest absolute Gasteiger partial charge is 0.234 e. The fourth-order valence-electron chi connectivity index (χ4n) is 2.90. The van der Waals surface area contributed by atoms with Gasteiger partial charge in [-0.1, -0.05) is 0 Å². The van der Waals surface area contributed by atoms with Gasteiger partial charge >= 0.3 is 0 Å². The third-order valence-electron chi connectivity index (χ3n) is 4.09. The monoisotopic (exact) mass is 405 g/mol. The number of fused-ring (bicyclic) bond motifs is 1. The van der Waals surface area contributed by atoms with Crippen molar-refractivity contribution in [1.82, 2.24) is 4.98 Å². The van der Waals surface area contributed by atoms with Crippen LogP contribution in [0.1, 0.15) is 44.1 Å². The number of nitrogens with zero attached hydrogens (tertiary/aromatic N) is 3. The summed E-state index contributed by atoms with van der Waals surface area (Å²) in [5.74, 6) is 0. The molecule has 3 rings (SSSR count). The molecular weight excluding hydrogens is 390 g/mol. The number of carbonyl (C=O) groups is 2. The van der Waals surface area contributed by atoms with Crippen LogP contribution in [0.25, 0.3) is 0 Å². The number of aryl methyl sites for hydroxylation is 2. The minimum Gasteiger partial charge on any atom is -0.298 e. The summed E-state index contributed by atoms with van der Waals surface area (Å²) in [4.78, 5) is 29.4. The van der Waals surface area contributed by atoms with E-state index in [9.17, 15) is 9.59 Å². The Hall–Kier alpha value is -1.86. The maximum Gasteiger partial charge on any atom is 0.234 e. The van der Waals surface area contributed by atoms with Crippen molar-refractivity contribution < 1.29 is 9.59 Å². The molecule has 0 saturated heterocycles. The predicted octanol–water partition coefficient (Wildman–Crippen LogP) is 3.90. The number of aldehydes is 1.